The number of nitrogen functional groups attached to an aromatic ring is 1. The van der Waals surface area contributed by atoms with Crippen LogP contribution in [0.15, 0.2) is 36.4 Å². The SMILES string of the molecule is CC#N.CC(=N)c1cc(-c2nc3ccc4[nH]c(C)cc4c3c3c2CCCC3)ccc1N. The highest BCUT2D eigenvalue weighted by Gasteiger charge is 2.21. The van der Waals surface area contributed by atoms with Gasteiger partial charge in [-0.25, -0.2) is 4.98 Å². The van der Waals surface area contributed by atoms with Crippen molar-refractivity contribution in [1.82, 2.24) is 9.97 Å². The third kappa shape index (κ3) is 3.66. The number of nitriles is 1. The zero-order valence-electron chi connectivity index (χ0n) is 18.3. The predicted molar refractivity (Wildman–Crippen MR) is 129 cm³/mol. The minimum Gasteiger partial charge on any atom is -0.398 e. The third-order valence-electron chi connectivity index (χ3n) is 5.93. The number of fused-ring (bicyclic) bond motifs is 5. The van der Waals surface area contributed by atoms with E-state index in [4.69, 9.17) is 21.4 Å². The number of aryl methyl sites for hydroxylation is 2. The molecule has 2 aromatic carbocycles. The molecular formula is C26H27N5. The molecule has 0 saturated carbocycles. The van der Waals surface area contributed by atoms with Gasteiger partial charge in [0.2, 0.25) is 0 Å². The van der Waals surface area contributed by atoms with Gasteiger partial charge in [0, 0.05) is 51.4 Å². The number of aromatic nitrogens is 2. The molecule has 0 unspecified atom stereocenters. The van der Waals surface area contributed by atoms with Crippen LogP contribution in [0.2, 0.25) is 0 Å². The van der Waals surface area contributed by atoms with E-state index in [0.29, 0.717) is 11.4 Å². The standard InChI is InChI=1S/C24H24N4.C2H3N/c1-13-11-19-21(27-13)9-10-22-23(19)16-5-3-4-6-17(16)24(28-22)15-7-8-20(26)18(12-15)14(2)25;1-2-3/h7-12,25,27H,3-6,26H2,1-2H3;1H3. The molecule has 5 rings (SSSR count). The van der Waals surface area contributed by atoms with Crippen LogP contribution in [-0.2, 0) is 12.8 Å². The van der Waals surface area contributed by atoms with E-state index >= 15 is 0 Å². The van der Waals surface area contributed by atoms with Gasteiger partial charge in [-0.3, -0.25) is 0 Å². The molecule has 5 nitrogen and oxygen atoms in total. The van der Waals surface area contributed by atoms with Gasteiger partial charge in [0.15, 0.2) is 0 Å². The van der Waals surface area contributed by atoms with E-state index in [1.807, 2.05) is 18.2 Å². The molecule has 4 aromatic rings. The number of nitrogens with two attached hydrogens (primary N) is 1. The summed E-state index contributed by atoms with van der Waals surface area (Å²) in [7, 11) is 0. The van der Waals surface area contributed by atoms with E-state index < -0.39 is 0 Å². The van der Waals surface area contributed by atoms with Crippen molar-refractivity contribution in [2.24, 2.45) is 0 Å². The van der Waals surface area contributed by atoms with Crippen LogP contribution >= 0.6 is 0 Å². The van der Waals surface area contributed by atoms with E-state index in [-0.39, 0.29) is 0 Å². The van der Waals surface area contributed by atoms with Gasteiger partial charge in [0.25, 0.3) is 0 Å². The van der Waals surface area contributed by atoms with Crippen LogP contribution in [0.4, 0.5) is 5.69 Å². The monoisotopic (exact) mass is 409 g/mol. The van der Waals surface area contributed by atoms with Crippen molar-refractivity contribution in [3.63, 3.8) is 0 Å². The molecule has 1 aliphatic carbocycles. The maximum atomic E-state index is 8.04. The van der Waals surface area contributed by atoms with Crippen LogP contribution in [0.25, 0.3) is 33.1 Å². The zero-order valence-corrected chi connectivity index (χ0v) is 18.3. The molecule has 156 valence electrons. The van der Waals surface area contributed by atoms with Gasteiger partial charge in [-0.05, 0) is 81.0 Å². The summed E-state index contributed by atoms with van der Waals surface area (Å²) < 4.78 is 0. The molecule has 0 radical (unpaired) electrons. The van der Waals surface area contributed by atoms with Crippen molar-refractivity contribution in [3.05, 3.63) is 58.8 Å². The highest BCUT2D eigenvalue weighted by Crippen LogP contribution is 2.38. The Hall–Kier alpha value is -3.65. The van der Waals surface area contributed by atoms with Crippen LogP contribution in [0.1, 0.15) is 49.1 Å². The summed E-state index contributed by atoms with van der Waals surface area (Å²) >= 11 is 0. The maximum absolute atomic E-state index is 8.04. The van der Waals surface area contributed by atoms with Gasteiger partial charge in [0.1, 0.15) is 0 Å². The van der Waals surface area contributed by atoms with Gasteiger partial charge >= 0.3 is 0 Å². The van der Waals surface area contributed by atoms with Crippen LogP contribution < -0.4 is 5.73 Å². The summed E-state index contributed by atoms with van der Waals surface area (Å²) in [6.45, 7) is 5.32. The van der Waals surface area contributed by atoms with E-state index in [0.717, 1.165) is 35.2 Å². The minimum atomic E-state index is 0.485. The van der Waals surface area contributed by atoms with Crippen molar-refractivity contribution >= 4 is 33.2 Å². The Morgan fingerprint density at radius 3 is 2.55 bits per heavy atom. The van der Waals surface area contributed by atoms with E-state index in [1.54, 1.807) is 13.0 Å². The predicted octanol–water partition coefficient (Wildman–Crippen LogP) is 6.07. The Morgan fingerprint density at radius 2 is 1.84 bits per heavy atom. The Morgan fingerprint density at radius 1 is 1.13 bits per heavy atom. The lowest BCUT2D eigenvalue weighted by Gasteiger charge is -2.22. The lowest BCUT2D eigenvalue weighted by molar-refractivity contribution is 0.689. The summed E-state index contributed by atoms with van der Waals surface area (Å²) in [4.78, 5) is 8.59. The second-order valence-electron chi connectivity index (χ2n) is 8.15. The van der Waals surface area contributed by atoms with Crippen molar-refractivity contribution in [2.45, 2.75) is 46.5 Å². The average Bonchev–Trinajstić information content (AvgIpc) is 3.14. The number of hydrogen-bond acceptors (Lipinski definition) is 4. The summed E-state index contributed by atoms with van der Waals surface area (Å²) in [5.41, 5.74) is 16.4. The number of hydrogen-bond donors (Lipinski definition) is 3. The van der Waals surface area contributed by atoms with Crippen molar-refractivity contribution in [2.75, 3.05) is 5.73 Å². The Bertz CT molecular complexity index is 1350. The Labute approximate surface area is 182 Å². The highest BCUT2D eigenvalue weighted by molar-refractivity contribution is 6.09. The lowest BCUT2D eigenvalue weighted by Crippen LogP contribution is -2.08. The fraction of sp³-hybridized carbons (Fsp3) is 0.269. The van der Waals surface area contributed by atoms with Gasteiger partial charge in [-0.2, -0.15) is 5.26 Å². The number of H-pyrrole nitrogens is 1. The van der Waals surface area contributed by atoms with Crippen LogP contribution in [-0.4, -0.2) is 15.7 Å². The smallest absolute Gasteiger partial charge is 0.0744 e. The molecule has 4 N–H and O–H groups in total. The van der Waals surface area contributed by atoms with Crippen LogP contribution in [0.3, 0.4) is 0 Å². The summed E-state index contributed by atoms with van der Waals surface area (Å²) in [5.74, 6) is 0. The molecule has 1 aliphatic rings. The molecule has 0 saturated heterocycles. The van der Waals surface area contributed by atoms with Gasteiger partial charge < -0.3 is 16.1 Å². The number of nitrogens with zero attached hydrogens (tertiary/aromatic N) is 2. The summed E-state index contributed by atoms with van der Waals surface area (Å²) in [6, 6.07) is 14.2. The third-order valence-corrected chi connectivity index (χ3v) is 5.93. The average molecular weight is 410 g/mol. The first kappa shape index (κ1) is 20.6. The van der Waals surface area contributed by atoms with Crippen molar-refractivity contribution < 1.29 is 0 Å². The second-order valence-corrected chi connectivity index (χ2v) is 8.15. The number of rotatable bonds is 2. The number of aromatic amines is 1. The highest BCUT2D eigenvalue weighted by atomic mass is 14.7. The quantitative estimate of drug-likeness (QED) is 0.276. The van der Waals surface area contributed by atoms with E-state index in [9.17, 15) is 0 Å². The maximum Gasteiger partial charge on any atom is 0.0744 e. The molecule has 0 amide bonds. The number of nitrogens with one attached hydrogen (secondary N) is 2. The molecule has 0 spiro atoms. The molecule has 0 fully saturated rings. The molecule has 2 aromatic heterocycles. The minimum absolute atomic E-state index is 0.485. The van der Waals surface area contributed by atoms with Crippen LogP contribution in [0.5, 0.6) is 0 Å². The number of benzene rings is 2. The molecule has 5 heteroatoms. The van der Waals surface area contributed by atoms with Crippen LogP contribution in [0, 0.1) is 23.7 Å². The van der Waals surface area contributed by atoms with E-state index in [1.165, 1.54) is 52.9 Å². The molecule has 2 heterocycles. The number of pyridine rings is 1. The first-order chi connectivity index (χ1) is 14.9. The summed E-state index contributed by atoms with van der Waals surface area (Å²) in [6.07, 6.45) is 4.56. The fourth-order valence-corrected chi connectivity index (χ4v) is 4.64. The van der Waals surface area contributed by atoms with Gasteiger partial charge in [-0.15, -0.1) is 0 Å². The van der Waals surface area contributed by atoms with Crippen molar-refractivity contribution in [1.29, 1.82) is 10.7 Å². The normalized spacial score (nSPS) is 12.7. The molecular weight excluding hydrogens is 382 g/mol. The zero-order chi connectivity index (χ0) is 22.1. The molecule has 0 atom stereocenters. The topological polar surface area (TPSA) is 102 Å². The largest absolute Gasteiger partial charge is 0.398 e. The summed E-state index contributed by atoms with van der Waals surface area (Å²) in [5, 5.41) is 17.9. The number of anilines is 1. The van der Waals surface area contributed by atoms with E-state index in [2.05, 4.69) is 30.1 Å². The van der Waals surface area contributed by atoms with Gasteiger partial charge in [-0.1, -0.05) is 6.07 Å². The molecule has 0 bridgehead atoms. The first-order valence-electron chi connectivity index (χ1n) is 10.6. The molecule has 31 heavy (non-hydrogen) atoms. The van der Waals surface area contributed by atoms with Gasteiger partial charge in [0.05, 0.1) is 17.3 Å². The Kier molecular flexibility index (Phi) is 5.48. The Balaban J connectivity index is 0.000000730. The molecule has 0 aliphatic heterocycles. The van der Waals surface area contributed by atoms with Crippen molar-refractivity contribution in [3.8, 4) is 17.3 Å². The first-order valence-corrected chi connectivity index (χ1v) is 10.6. The fourth-order valence-electron chi connectivity index (χ4n) is 4.64. The second kappa shape index (κ2) is 8.23. The lowest BCUT2D eigenvalue weighted by atomic mass is 9.85.